The van der Waals surface area contributed by atoms with Crippen LogP contribution in [0.5, 0.6) is 0 Å². The third kappa shape index (κ3) is 1.45. The van der Waals surface area contributed by atoms with Crippen molar-refractivity contribution >= 4 is 5.91 Å². The Hall–Kier alpha value is -1.29. The summed E-state index contributed by atoms with van der Waals surface area (Å²) in [5, 5.41) is 3.44. The summed E-state index contributed by atoms with van der Waals surface area (Å²) in [7, 11) is 0. The van der Waals surface area contributed by atoms with E-state index in [9.17, 15) is 4.79 Å². The van der Waals surface area contributed by atoms with Crippen molar-refractivity contribution in [3.8, 4) is 0 Å². The van der Waals surface area contributed by atoms with E-state index in [1.165, 1.54) is 6.42 Å². The molecular formula is C11H15N3O. The minimum Gasteiger partial charge on any atom is -0.357 e. The first kappa shape index (κ1) is 8.97. The van der Waals surface area contributed by atoms with E-state index in [4.69, 9.17) is 0 Å². The number of amides is 1. The second-order valence-corrected chi connectivity index (χ2v) is 4.40. The number of likely N-dealkylation sites (tertiary alicyclic amines) is 1. The van der Waals surface area contributed by atoms with E-state index in [1.54, 1.807) is 6.20 Å². The maximum absolute atomic E-state index is 12.0. The molecule has 4 heteroatoms. The molecule has 2 aliphatic heterocycles. The van der Waals surface area contributed by atoms with Gasteiger partial charge in [-0.25, -0.2) is 0 Å². The van der Waals surface area contributed by atoms with Gasteiger partial charge < -0.3 is 15.2 Å². The highest BCUT2D eigenvalue weighted by molar-refractivity contribution is 5.92. The van der Waals surface area contributed by atoms with Crippen LogP contribution in [0.25, 0.3) is 0 Å². The molecule has 2 N–H and O–H groups in total. The molecule has 0 saturated carbocycles. The van der Waals surface area contributed by atoms with Crippen molar-refractivity contribution in [2.24, 2.45) is 5.92 Å². The van der Waals surface area contributed by atoms with E-state index in [0.717, 1.165) is 19.6 Å². The Bertz CT molecular complexity index is 348. The Kier molecular flexibility index (Phi) is 2.02. The van der Waals surface area contributed by atoms with E-state index in [2.05, 4.69) is 10.3 Å². The van der Waals surface area contributed by atoms with E-state index < -0.39 is 0 Å². The highest BCUT2D eigenvalue weighted by Crippen LogP contribution is 2.25. The number of H-pyrrole nitrogens is 1. The van der Waals surface area contributed by atoms with Crippen molar-refractivity contribution in [1.29, 1.82) is 0 Å². The lowest BCUT2D eigenvalue weighted by Crippen LogP contribution is -2.34. The topological polar surface area (TPSA) is 48.1 Å². The maximum atomic E-state index is 12.0. The Morgan fingerprint density at radius 1 is 1.47 bits per heavy atom. The smallest absolute Gasteiger partial charge is 0.270 e. The lowest BCUT2D eigenvalue weighted by molar-refractivity contribution is 0.0777. The number of rotatable bonds is 1. The highest BCUT2D eigenvalue weighted by Gasteiger charge is 2.38. The van der Waals surface area contributed by atoms with Gasteiger partial charge >= 0.3 is 0 Å². The molecule has 4 nitrogen and oxygen atoms in total. The van der Waals surface area contributed by atoms with Crippen LogP contribution in [0, 0.1) is 5.92 Å². The number of aromatic amines is 1. The van der Waals surface area contributed by atoms with Crippen LogP contribution >= 0.6 is 0 Å². The van der Waals surface area contributed by atoms with Crippen LogP contribution < -0.4 is 5.32 Å². The molecule has 2 atom stereocenters. The van der Waals surface area contributed by atoms with Crippen molar-refractivity contribution < 1.29 is 4.79 Å². The van der Waals surface area contributed by atoms with Gasteiger partial charge in [0.1, 0.15) is 5.69 Å². The number of carbonyl (C=O) groups is 1. The molecule has 1 aromatic rings. The van der Waals surface area contributed by atoms with Crippen LogP contribution in [-0.4, -0.2) is 41.5 Å². The van der Waals surface area contributed by atoms with Gasteiger partial charge in [0.2, 0.25) is 0 Å². The van der Waals surface area contributed by atoms with Crippen LogP contribution in [0.2, 0.25) is 0 Å². The highest BCUT2D eigenvalue weighted by atomic mass is 16.2. The van der Waals surface area contributed by atoms with Crippen LogP contribution in [0.4, 0.5) is 0 Å². The predicted octanol–water partition coefficient (Wildman–Crippen LogP) is 0.449. The van der Waals surface area contributed by atoms with Crippen LogP contribution in [-0.2, 0) is 0 Å². The predicted molar refractivity (Wildman–Crippen MR) is 56.6 cm³/mol. The van der Waals surface area contributed by atoms with Crippen LogP contribution in [0.15, 0.2) is 18.3 Å². The molecule has 0 unspecified atom stereocenters. The number of carbonyl (C=O) groups excluding carboxylic acids is 1. The zero-order chi connectivity index (χ0) is 10.3. The monoisotopic (exact) mass is 205 g/mol. The van der Waals surface area contributed by atoms with Crippen LogP contribution in [0.3, 0.4) is 0 Å². The molecule has 1 aromatic heterocycles. The Labute approximate surface area is 88.7 Å². The normalized spacial score (nSPS) is 29.5. The second-order valence-electron chi connectivity index (χ2n) is 4.40. The average molecular weight is 205 g/mol. The Morgan fingerprint density at radius 3 is 3.13 bits per heavy atom. The number of fused-ring (bicyclic) bond motifs is 1. The lowest BCUT2D eigenvalue weighted by atomic mass is 10.1. The summed E-state index contributed by atoms with van der Waals surface area (Å²) in [6, 6.07) is 4.23. The summed E-state index contributed by atoms with van der Waals surface area (Å²) < 4.78 is 0. The van der Waals surface area contributed by atoms with Crippen molar-refractivity contribution in [2.45, 2.75) is 12.5 Å². The molecule has 0 aliphatic carbocycles. The summed E-state index contributed by atoms with van der Waals surface area (Å²) >= 11 is 0. The summed E-state index contributed by atoms with van der Waals surface area (Å²) in [5.41, 5.74) is 0.704. The lowest BCUT2D eigenvalue weighted by Gasteiger charge is -2.16. The Morgan fingerprint density at radius 2 is 2.40 bits per heavy atom. The molecule has 2 fully saturated rings. The van der Waals surface area contributed by atoms with Crippen molar-refractivity contribution in [3.63, 3.8) is 0 Å². The van der Waals surface area contributed by atoms with E-state index in [1.807, 2.05) is 17.0 Å². The summed E-state index contributed by atoms with van der Waals surface area (Å²) in [5.74, 6) is 0.806. The minimum atomic E-state index is 0.135. The first-order valence-corrected chi connectivity index (χ1v) is 5.50. The molecule has 2 aliphatic rings. The fourth-order valence-corrected chi connectivity index (χ4v) is 2.65. The zero-order valence-corrected chi connectivity index (χ0v) is 8.57. The second kappa shape index (κ2) is 3.38. The van der Waals surface area contributed by atoms with Gasteiger partial charge in [-0.1, -0.05) is 0 Å². The molecule has 1 amide bonds. The molecule has 15 heavy (non-hydrogen) atoms. The quantitative estimate of drug-likeness (QED) is 0.699. The Balaban J connectivity index is 1.72. The van der Waals surface area contributed by atoms with Crippen molar-refractivity contribution in [1.82, 2.24) is 15.2 Å². The van der Waals surface area contributed by atoms with Crippen molar-refractivity contribution in [3.05, 3.63) is 24.0 Å². The number of aromatic nitrogens is 1. The molecule has 3 heterocycles. The van der Waals surface area contributed by atoms with Gasteiger partial charge in [-0.15, -0.1) is 0 Å². The fourth-order valence-electron chi connectivity index (χ4n) is 2.65. The molecule has 3 rings (SSSR count). The van der Waals surface area contributed by atoms with Gasteiger partial charge in [-0.05, 0) is 31.0 Å². The van der Waals surface area contributed by atoms with Gasteiger partial charge in [-0.3, -0.25) is 4.79 Å². The van der Waals surface area contributed by atoms with Crippen LogP contribution in [0.1, 0.15) is 16.9 Å². The van der Waals surface area contributed by atoms with E-state index >= 15 is 0 Å². The van der Waals surface area contributed by atoms with Gasteiger partial charge in [0, 0.05) is 25.3 Å². The molecular weight excluding hydrogens is 190 g/mol. The summed E-state index contributed by atoms with van der Waals surface area (Å²) in [6.07, 6.45) is 3.00. The maximum Gasteiger partial charge on any atom is 0.270 e. The first-order chi connectivity index (χ1) is 7.34. The molecule has 2 saturated heterocycles. The molecule has 0 aromatic carbocycles. The van der Waals surface area contributed by atoms with Crippen molar-refractivity contribution in [2.75, 3.05) is 19.6 Å². The summed E-state index contributed by atoms with van der Waals surface area (Å²) in [4.78, 5) is 16.9. The zero-order valence-electron chi connectivity index (χ0n) is 8.57. The summed E-state index contributed by atoms with van der Waals surface area (Å²) in [6.45, 7) is 2.89. The number of hydrogen-bond donors (Lipinski definition) is 2. The first-order valence-electron chi connectivity index (χ1n) is 5.50. The van der Waals surface area contributed by atoms with E-state index in [0.29, 0.717) is 17.7 Å². The SMILES string of the molecule is O=C(c1ccc[nH]1)N1C[C@H]2CCN[C@H]2C1. The fraction of sp³-hybridized carbons (Fsp3) is 0.545. The average Bonchev–Trinajstić information content (AvgIpc) is 2.92. The number of nitrogens with one attached hydrogen (secondary N) is 2. The van der Waals surface area contributed by atoms with Gasteiger partial charge in [0.25, 0.3) is 5.91 Å². The standard InChI is InChI=1S/C11H15N3O/c15-11(9-2-1-4-12-9)14-6-8-3-5-13-10(8)7-14/h1-2,4,8,10,12-13H,3,5-7H2/t8-,10+/m1/s1. The molecule has 80 valence electrons. The van der Waals surface area contributed by atoms with Gasteiger partial charge in [0.05, 0.1) is 0 Å². The third-order valence-corrected chi connectivity index (χ3v) is 3.48. The number of nitrogens with zero attached hydrogens (tertiary/aromatic N) is 1. The molecule has 0 spiro atoms. The van der Waals surface area contributed by atoms with Gasteiger partial charge in [-0.2, -0.15) is 0 Å². The minimum absolute atomic E-state index is 0.135. The third-order valence-electron chi connectivity index (χ3n) is 3.48. The van der Waals surface area contributed by atoms with Gasteiger partial charge in [0.15, 0.2) is 0 Å². The van der Waals surface area contributed by atoms with E-state index in [-0.39, 0.29) is 5.91 Å². The number of hydrogen-bond acceptors (Lipinski definition) is 2. The molecule has 0 bridgehead atoms. The largest absolute Gasteiger partial charge is 0.357 e. The molecule has 0 radical (unpaired) electrons.